The molecule has 0 radical (unpaired) electrons. The van der Waals surface area contributed by atoms with Gasteiger partial charge in [0, 0.05) is 12.2 Å². The SMILES string of the molecule is CCN(Cc1cccc(C)n1)c1snc(N)c1SC. The van der Waals surface area contributed by atoms with Gasteiger partial charge in [0.1, 0.15) is 5.00 Å². The van der Waals surface area contributed by atoms with Gasteiger partial charge < -0.3 is 10.6 Å². The summed E-state index contributed by atoms with van der Waals surface area (Å²) < 4.78 is 4.25. The van der Waals surface area contributed by atoms with Crippen LogP contribution in [0.4, 0.5) is 10.8 Å². The van der Waals surface area contributed by atoms with Gasteiger partial charge in [0.25, 0.3) is 0 Å². The molecule has 0 amide bonds. The molecule has 0 saturated heterocycles. The fraction of sp³-hybridized carbons (Fsp3) is 0.385. The van der Waals surface area contributed by atoms with Crippen LogP contribution in [0.3, 0.4) is 0 Å². The van der Waals surface area contributed by atoms with E-state index in [4.69, 9.17) is 5.73 Å². The molecule has 0 bridgehead atoms. The van der Waals surface area contributed by atoms with Crippen molar-refractivity contribution < 1.29 is 0 Å². The molecule has 2 N–H and O–H groups in total. The number of rotatable bonds is 5. The van der Waals surface area contributed by atoms with Crippen LogP contribution in [0.2, 0.25) is 0 Å². The molecular weight excluding hydrogens is 276 g/mol. The zero-order valence-electron chi connectivity index (χ0n) is 11.4. The Hall–Kier alpha value is -1.27. The summed E-state index contributed by atoms with van der Waals surface area (Å²) in [6.45, 7) is 5.84. The van der Waals surface area contributed by atoms with E-state index in [1.165, 1.54) is 11.5 Å². The van der Waals surface area contributed by atoms with Crippen molar-refractivity contribution in [2.24, 2.45) is 0 Å². The highest BCUT2D eigenvalue weighted by Crippen LogP contribution is 2.37. The summed E-state index contributed by atoms with van der Waals surface area (Å²) in [7, 11) is 0. The molecule has 4 nitrogen and oxygen atoms in total. The lowest BCUT2D eigenvalue weighted by Crippen LogP contribution is -2.22. The van der Waals surface area contributed by atoms with Gasteiger partial charge in [-0.25, -0.2) is 0 Å². The Labute approximate surface area is 122 Å². The van der Waals surface area contributed by atoms with Crippen molar-refractivity contribution in [3.05, 3.63) is 29.6 Å². The molecule has 6 heteroatoms. The van der Waals surface area contributed by atoms with Crippen LogP contribution in [0.5, 0.6) is 0 Å². The molecule has 102 valence electrons. The zero-order chi connectivity index (χ0) is 13.8. The minimum Gasteiger partial charge on any atom is -0.382 e. The predicted molar refractivity (Wildman–Crippen MR) is 84.0 cm³/mol. The van der Waals surface area contributed by atoms with Crippen LogP contribution in [0.15, 0.2) is 23.1 Å². The summed E-state index contributed by atoms with van der Waals surface area (Å²) in [5.74, 6) is 0.628. The predicted octanol–water partition coefficient (Wildman–Crippen LogP) is 3.18. The molecule has 0 atom stereocenters. The van der Waals surface area contributed by atoms with Gasteiger partial charge in [-0.2, -0.15) is 4.37 Å². The second-order valence-corrected chi connectivity index (χ2v) is 5.76. The Morgan fingerprint density at radius 3 is 2.84 bits per heavy atom. The number of pyridine rings is 1. The average molecular weight is 294 g/mol. The summed E-state index contributed by atoms with van der Waals surface area (Å²) in [6, 6.07) is 6.11. The normalized spacial score (nSPS) is 10.7. The lowest BCUT2D eigenvalue weighted by atomic mass is 10.3. The van der Waals surface area contributed by atoms with Crippen molar-refractivity contribution in [3.8, 4) is 0 Å². The highest BCUT2D eigenvalue weighted by Gasteiger charge is 2.16. The highest BCUT2D eigenvalue weighted by atomic mass is 32.2. The number of anilines is 2. The maximum Gasteiger partial charge on any atom is 0.153 e. The molecule has 0 fully saturated rings. The Kier molecular flexibility index (Phi) is 4.66. The lowest BCUT2D eigenvalue weighted by molar-refractivity contribution is 0.807. The monoisotopic (exact) mass is 294 g/mol. The standard InChI is InChI=1S/C13H18N4S2/c1-4-17(8-10-7-5-6-9(2)15-10)13-11(18-3)12(14)16-19-13/h5-7H,4,8H2,1-3H3,(H2,14,16). The smallest absolute Gasteiger partial charge is 0.153 e. The van der Waals surface area contributed by atoms with Gasteiger partial charge >= 0.3 is 0 Å². The Balaban J connectivity index is 2.25. The molecule has 2 aromatic heterocycles. The lowest BCUT2D eigenvalue weighted by Gasteiger charge is -2.21. The summed E-state index contributed by atoms with van der Waals surface area (Å²) >= 11 is 3.11. The number of hydrogen-bond donors (Lipinski definition) is 1. The first-order valence-electron chi connectivity index (χ1n) is 6.12. The molecular formula is C13H18N4S2. The van der Waals surface area contributed by atoms with E-state index in [9.17, 15) is 0 Å². The van der Waals surface area contributed by atoms with E-state index >= 15 is 0 Å². The van der Waals surface area contributed by atoms with Crippen molar-refractivity contribution in [1.82, 2.24) is 9.36 Å². The second-order valence-electron chi connectivity index (χ2n) is 4.19. The number of aromatic nitrogens is 2. The van der Waals surface area contributed by atoms with Gasteiger partial charge in [-0.3, -0.25) is 4.98 Å². The Morgan fingerprint density at radius 1 is 1.42 bits per heavy atom. The van der Waals surface area contributed by atoms with E-state index in [1.807, 2.05) is 25.3 Å². The van der Waals surface area contributed by atoms with E-state index in [0.29, 0.717) is 5.82 Å². The van der Waals surface area contributed by atoms with E-state index in [1.54, 1.807) is 11.8 Å². The minimum atomic E-state index is 0.628. The van der Waals surface area contributed by atoms with Gasteiger partial charge in [-0.05, 0) is 43.8 Å². The number of nitrogen functional groups attached to an aromatic ring is 1. The summed E-state index contributed by atoms with van der Waals surface area (Å²) in [4.78, 5) is 7.89. The largest absolute Gasteiger partial charge is 0.382 e. The van der Waals surface area contributed by atoms with Crippen LogP contribution in [0.1, 0.15) is 18.3 Å². The van der Waals surface area contributed by atoms with Crippen LogP contribution in [0, 0.1) is 6.92 Å². The van der Waals surface area contributed by atoms with E-state index in [2.05, 4.69) is 27.2 Å². The van der Waals surface area contributed by atoms with Crippen molar-refractivity contribution in [1.29, 1.82) is 0 Å². The number of thioether (sulfide) groups is 1. The van der Waals surface area contributed by atoms with Gasteiger partial charge in [0.2, 0.25) is 0 Å². The summed E-state index contributed by atoms with van der Waals surface area (Å²) in [6.07, 6.45) is 2.03. The summed E-state index contributed by atoms with van der Waals surface area (Å²) in [5.41, 5.74) is 8.01. The zero-order valence-corrected chi connectivity index (χ0v) is 13.0. The van der Waals surface area contributed by atoms with Crippen molar-refractivity contribution in [2.75, 3.05) is 23.4 Å². The van der Waals surface area contributed by atoms with Crippen LogP contribution < -0.4 is 10.6 Å². The van der Waals surface area contributed by atoms with E-state index < -0.39 is 0 Å². The molecule has 0 aliphatic rings. The fourth-order valence-corrected chi connectivity index (χ4v) is 3.64. The number of hydrogen-bond acceptors (Lipinski definition) is 6. The highest BCUT2D eigenvalue weighted by molar-refractivity contribution is 7.99. The Morgan fingerprint density at radius 2 is 2.21 bits per heavy atom. The first-order valence-corrected chi connectivity index (χ1v) is 8.12. The van der Waals surface area contributed by atoms with Crippen molar-refractivity contribution in [2.45, 2.75) is 25.3 Å². The third-order valence-corrected chi connectivity index (χ3v) is 4.69. The van der Waals surface area contributed by atoms with Crippen molar-refractivity contribution >= 4 is 34.1 Å². The third kappa shape index (κ3) is 3.19. The topological polar surface area (TPSA) is 55.0 Å². The van der Waals surface area contributed by atoms with Gasteiger partial charge in [0.05, 0.1) is 17.1 Å². The van der Waals surface area contributed by atoms with Crippen molar-refractivity contribution in [3.63, 3.8) is 0 Å². The van der Waals surface area contributed by atoms with E-state index in [0.717, 1.165) is 34.4 Å². The molecule has 0 spiro atoms. The molecule has 0 aliphatic heterocycles. The van der Waals surface area contributed by atoms with Gasteiger partial charge in [-0.15, -0.1) is 11.8 Å². The first kappa shape index (κ1) is 14.1. The number of nitrogens with zero attached hydrogens (tertiary/aromatic N) is 3. The fourth-order valence-electron chi connectivity index (χ4n) is 1.89. The minimum absolute atomic E-state index is 0.628. The number of aryl methyl sites for hydroxylation is 1. The molecule has 2 rings (SSSR count). The van der Waals surface area contributed by atoms with E-state index in [-0.39, 0.29) is 0 Å². The van der Waals surface area contributed by atoms with Gasteiger partial charge in [-0.1, -0.05) is 6.07 Å². The maximum absolute atomic E-state index is 5.90. The summed E-state index contributed by atoms with van der Waals surface area (Å²) in [5, 5.41) is 1.14. The second kappa shape index (κ2) is 6.25. The molecule has 2 aromatic rings. The van der Waals surface area contributed by atoms with Gasteiger partial charge in [0.15, 0.2) is 5.82 Å². The number of nitrogens with two attached hydrogens (primary N) is 1. The quantitative estimate of drug-likeness (QED) is 0.858. The molecule has 0 aromatic carbocycles. The third-order valence-electron chi connectivity index (χ3n) is 2.83. The molecule has 2 heterocycles. The molecule has 19 heavy (non-hydrogen) atoms. The Bertz CT molecular complexity index is 553. The van der Waals surface area contributed by atoms with Crippen LogP contribution in [0.25, 0.3) is 0 Å². The maximum atomic E-state index is 5.90. The van der Waals surface area contributed by atoms with Crippen LogP contribution >= 0.6 is 23.3 Å². The molecule has 0 saturated carbocycles. The van der Waals surface area contributed by atoms with Crippen LogP contribution in [-0.4, -0.2) is 22.2 Å². The first-order chi connectivity index (χ1) is 9.15. The molecule has 0 unspecified atom stereocenters. The van der Waals surface area contributed by atoms with Crippen LogP contribution in [-0.2, 0) is 6.54 Å². The average Bonchev–Trinajstić information content (AvgIpc) is 2.77. The molecule has 0 aliphatic carbocycles.